The van der Waals surface area contributed by atoms with Gasteiger partial charge in [0.05, 0.1) is 6.26 Å². The van der Waals surface area contributed by atoms with E-state index in [1.54, 1.807) is 12.4 Å². The van der Waals surface area contributed by atoms with Gasteiger partial charge in [-0.25, -0.2) is 4.98 Å². The van der Waals surface area contributed by atoms with Crippen molar-refractivity contribution in [2.24, 2.45) is 0 Å². The molecule has 1 atom stereocenters. The van der Waals surface area contributed by atoms with Gasteiger partial charge in [-0.15, -0.1) is 0 Å². The van der Waals surface area contributed by atoms with E-state index in [-0.39, 0.29) is 0 Å². The number of anilines is 1. The van der Waals surface area contributed by atoms with E-state index in [2.05, 4.69) is 31.7 Å². The Hall–Kier alpha value is -3.02. The van der Waals surface area contributed by atoms with Gasteiger partial charge in [0, 0.05) is 38.6 Å². The van der Waals surface area contributed by atoms with Gasteiger partial charge < -0.3 is 4.90 Å². The minimum absolute atomic E-state index is 0.454. The Morgan fingerprint density at radius 1 is 0.886 bits per heavy atom. The largest absolute Gasteiger partial charge is 0.338 e. The number of hydrogen-bond acceptors (Lipinski definition) is 10. The first kappa shape index (κ1) is 25.1. The van der Waals surface area contributed by atoms with E-state index in [4.69, 9.17) is 14.2 Å². The SMILES string of the molecule is CCCCCC(OS(C)(=O)=O)N1CCN(c2nc(-c3ccccn3)nc(-c3ccccn3)n2)CC1. The molecule has 1 unspecified atom stereocenters. The van der Waals surface area contributed by atoms with Crippen LogP contribution in [0.25, 0.3) is 23.0 Å². The summed E-state index contributed by atoms with van der Waals surface area (Å²) in [6, 6.07) is 11.2. The lowest BCUT2D eigenvalue weighted by Gasteiger charge is -2.38. The molecule has 0 aliphatic carbocycles. The molecule has 11 heteroatoms. The van der Waals surface area contributed by atoms with Crippen LogP contribution in [0.2, 0.25) is 0 Å². The molecular weight excluding hydrogens is 466 g/mol. The van der Waals surface area contributed by atoms with E-state index in [9.17, 15) is 8.42 Å². The van der Waals surface area contributed by atoms with Crippen molar-refractivity contribution in [2.75, 3.05) is 37.3 Å². The summed E-state index contributed by atoms with van der Waals surface area (Å²) in [5, 5.41) is 0. The summed E-state index contributed by atoms with van der Waals surface area (Å²) >= 11 is 0. The van der Waals surface area contributed by atoms with E-state index in [0.29, 0.717) is 61.6 Å². The van der Waals surface area contributed by atoms with Crippen LogP contribution in [-0.4, -0.2) is 76.9 Å². The minimum Gasteiger partial charge on any atom is -0.338 e. The number of hydrogen-bond donors (Lipinski definition) is 0. The van der Waals surface area contributed by atoms with Gasteiger partial charge in [0.2, 0.25) is 5.95 Å². The highest BCUT2D eigenvalue weighted by molar-refractivity contribution is 7.86. The third kappa shape index (κ3) is 7.00. The van der Waals surface area contributed by atoms with Crippen LogP contribution in [0.5, 0.6) is 0 Å². The standard InChI is InChI=1S/C24H31N7O3S/c1-3-4-5-12-21(34-35(2,32)33)30-15-17-31(18-16-30)24-28-22(19-10-6-8-13-25-19)27-23(29-24)20-11-7-9-14-26-20/h6-11,13-14,21H,3-5,12,15-18H2,1-2H3. The predicted octanol–water partition coefficient (Wildman–Crippen LogP) is 3.00. The molecule has 0 bridgehead atoms. The Kier molecular flexibility index (Phi) is 8.32. The predicted molar refractivity (Wildman–Crippen MR) is 134 cm³/mol. The molecule has 186 valence electrons. The fraction of sp³-hybridized carbons (Fsp3) is 0.458. The molecule has 0 N–H and O–H groups in total. The first-order valence-corrected chi connectivity index (χ1v) is 13.7. The molecule has 0 aromatic carbocycles. The molecule has 10 nitrogen and oxygen atoms in total. The van der Waals surface area contributed by atoms with Crippen LogP contribution in [0.1, 0.15) is 32.6 Å². The first-order valence-electron chi connectivity index (χ1n) is 11.9. The van der Waals surface area contributed by atoms with E-state index >= 15 is 0 Å². The normalized spacial score (nSPS) is 15.8. The van der Waals surface area contributed by atoms with E-state index < -0.39 is 16.3 Å². The number of aromatic nitrogens is 5. The van der Waals surface area contributed by atoms with Crippen molar-refractivity contribution in [3.63, 3.8) is 0 Å². The molecule has 1 aliphatic heterocycles. The summed E-state index contributed by atoms with van der Waals surface area (Å²) < 4.78 is 29.1. The highest BCUT2D eigenvalue weighted by atomic mass is 32.2. The highest BCUT2D eigenvalue weighted by Gasteiger charge is 2.28. The number of pyridine rings is 2. The molecule has 35 heavy (non-hydrogen) atoms. The molecule has 4 heterocycles. The van der Waals surface area contributed by atoms with Gasteiger partial charge >= 0.3 is 0 Å². The number of rotatable bonds is 10. The van der Waals surface area contributed by atoms with E-state index in [0.717, 1.165) is 25.5 Å². The van der Waals surface area contributed by atoms with Crippen molar-refractivity contribution >= 4 is 16.1 Å². The minimum atomic E-state index is -3.55. The van der Waals surface area contributed by atoms with Crippen molar-refractivity contribution < 1.29 is 12.6 Å². The molecule has 0 spiro atoms. The highest BCUT2D eigenvalue weighted by Crippen LogP contribution is 2.23. The zero-order valence-corrected chi connectivity index (χ0v) is 20.9. The number of unbranched alkanes of at least 4 members (excludes halogenated alkanes) is 2. The molecular formula is C24H31N7O3S. The Bertz CT molecular complexity index is 1130. The second-order valence-electron chi connectivity index (χ2n) is 8.49. The van der Waals surface area contributed by atoms with Crippen molar-refractivity contribution in [2.45, 2.75) is 38.8 Å². The summed E-state index contributed by atoms with van der Waals surface area (Å²) in [5.74, 6) is 1.51. The molecule has 0 saturated carbocycles. The first-order chi connectivity index (χ1) is 16.9. The maximum absolute atomic E-state index is 11.8. The zero-order valence-electron chi connectivity index (χ0n) is 20.1. The van der Waals surface area contributed by atoms with Crippen LogP contribution in [0, 0.1) is 0 Å². The molecule has 0 radical (unpaired) electrons. The quantitative estimate of drug-likeness (QED) is 0.306. The van der Waals surface area contributed by atoms with Gasteiger partial charge in [-0.3, -0.25) is 19.1 Å². The zero-order chi connectivity index (χ0) is 24.7. The number of nitrogens with zero attached hydrogens (tertiary/aromatic N) is 7. The maximum Gasteiger partial charge on any atom is 0.265 e. The second-order valence-corrected chi connectivity index (χ2v) is 10.1. The van der Waals surface area contributed by atoms with Crippen molar-refractivity contribution in [3.8, 4) is 23.0 Å². The average Bonchev–Trinajstić information content (AvgIpc) is 2.88. The van der Waals surface area contributed by atoms with Crippen molar-refractivity contribution in [1.29, 1.82) is 0 Å². The Morgan fingerprint density at radius 3 is 1.97 bits per heavy atom. The van der Waals surface area contributed by atoms with Crippen LogP contribution in [0.15, 0.2) is 48.8 Å². The van der Waals surface area contributed by atoms with Gasteiger partial charge in [-0.1, -0.05) is 31.9 Å². The van der Waals surface area contributed by atoms with Crippen LogP contribution in [-0.2, 0) is 14.3 Å². The summed E-state index contributed by atoms with van der Waals surface area (Å²) in [6.07, 6.45) is 7.78. The monoisotopic (exact) mass is 497 g/mol. The van der Waals surface area contributed by atoms with Crippen LogP contribution >= 0.6 is 0 Å². The average molecular weight is 498 g/mol. The van der Waals surface area contributed by atoms with Gasteiger partial charge in [-0.2, -0.15) is 18.4 Å². The third-order valence-corrected chi connectivity index (χ3v) is 6.33. The maximum atomic E-state index is 11.8. The lowest BCUT2D eigenvalue weighted by molar-refractivity contribution is 0.0188. The van der Waals surface area contributed by atoms with Gasteiger partial charge in [0.15, 0.2) is 11.6 Å². The third-order valence-electron chi connectivity index (χ3n) is 5.76. The van der Waals surface area contributed by atoms with Crippen LogP contribution < -0.4 is 4.90 Å². The fourth-order valence-corrected chi connectivity index (χ4v) is 4.62. The van der Waals surface area contributed by atoms with E-state index in [1.165, 1.54) is 0 Å². The fourth-order valence-electron chi connectivity index (χ4n) is 4.00. The Balaban J connectivity index is 1.55. The lowest BCUT2D eigenvalue weighted by atomic mass is 10.1. The smallest absolute Gasteiger partial charge is 0.265 e. The van der Waals surface area contributed by atoms with E-state index in [1.807, 2.05) is 36.4 Å². The summed E-state index contributed by atoms with van der Waals surface area (Å²) in [5.41, 5.74) is 1.31. The molecule has 3 aromatic heterocycles. The Labute approximate surface area is 206 Å². The molecule has 1 saturated heterocycles. The number of piperazine rings is 1. The molecule has 4 rings (SSSR count). The molecule has 0 amide bonds. The van der Waals surface area contributed by atoms with Gasteiger partial charge in [-0.05, 0) is 37.1 Å². The topological polar surface area (TPSA) is 114 Å². The van der Waals surface area contributed by atoms with Gasteiger partial charge in [0.25, 0.3) is 10.1 Å². The van der Waals surface area contributed by atoms with Gasteiger partial charge in [0.1, 0.15) is 17.6 Å². The Morgan fingerprint density at radius 2 is 1.49 bits per heavy atom. The molecule has 3 aromatic rings. The van der Waals surface area contributed by atoms with Crippen molar-refractivity contribution in [1.82, 2.24) is 29.8 Å². The molecule has 1 aliphatic rings. The summed E-state index contributed by atoms with van der Waals surface area (Å²) in [4.78, 5) is 27.0. The summed E-state index contributed by atoms with van der Waals surface area (Å²) in [6.45, 7) is 4.65. The summed E-state index contributed by atoms with van der Waals surface area (Å²) in [7, 11) is -3.55. The van der Waals surface area contributed by atoms with Crippen molar-refractivity contribution in [3.05, 3.63) is 48.8 Å². The lowest BCUT2D eigenvalue weighted by Crippen LogP contribution is -2.52. The van der Waals surface area contributed by atoms with Crippen LogP contribution in [0.4, 0.5) is 5.95 Å². The molecule has 1 fully saturated rings. The second kappa shape index (κ2) is 11.6. The van der Waals surface area contributed by atoms with Crippen LogP contribution in [0.3, 0.4) is 0 Å².